The molecule has 0 atom stereocenters. The van der Waals surface area contributed by atoms with E-state index in [9.17, 15) is 0 Å². The fourth-order valence-electron chi connectivity index (χ4n) is 2.09. The zero-order valence-electron chi connectivity index (χ0n) is 12.6. The maximum Gasteiger partial charge on any atom is 0.178 e. The molecule has 0 radical (unpaired) electrons. The molecule has 6 nitrogen and oxygen atoms in total. The second-order valence-electron chi connectivity index (χ2n) is 6.07. The quantitative estimate of drug-likeness (QED) is 0.744. The predicted octanol–water partition coefficient (Wildman–Crippen LogP) is 2.51. The first kappa shape index (κ1) is 13.9. The third kappa shape index (κ3) is 2.73. The largest absolute Gasteiger partial charge is 0.352 e. The van der Waals surface area contributed by atoms with Crippen LogP contribution < -0.4 is 4.90 Å². The molecule has 3 aromatic rings. The SMILES string of the molecule is CN(Cc1cscn1)c1ccc2nnc(C(C)(C)C)n2n1. The monoisotopic (exact) mass is 302 g/mol. The van der Waals surface area contributed by atoms with E-state index in [4.69, 9.17) is 0 Å². The van der Waals surface area contributed by atoms with Crippen molar-refractivity contribution >= 4 is 22.8 Å². The van der Waals surface area contributed by atoms with Gasteiger partial charge in [0.1, 0.15) is 5.82 Å². The number of hydrogen-bond acceptors (Lipinski definition) is 6. The molecule has 0 bridgehead atoms. The Morgan fingerprint density at radius 1 is 1.24 bits per heavy atom. The van der Waals surface area contributed by atoms with Crippen molar-refractivity contribution in [2.24, 2.45) is 0 Å². The van der Waals surface area contributed by atoms with E-state index in [-0.39, 0.29) is 5.41 Å². The molecular weight excluding hydrogens is 284 g/mol. The first-order valence-corrected chi connectivity index (χ1v) is 7.70. The van der Waals surface area contributed by atoms with Crippen molar-refractivity contribution < 1.29 is 0 Å². The Morgan fingerprint density at radius 2 is 2.05 bits per heavy atom. The molecule has 0 fully saturated rings. The summed E-state index contributed by atoms with van der Waals surface area (Å²) < 4.78 is 1.83. The van der Waals surface area contributed by atoms with Crippen LogP contribution in [-0.4, -0.2) is 31.8 Å². The van der Waals surface area contributed by atoms with Gasteiger partial charge in [-0.15, -0.1) is 26.6 Å². The van der Waals surface area contributed by atoms with Gasteiger partial charge in [0.25, 0.3) is 0 Å². The van der Waals surface area contributed by atoms with E-state index in [2.05, 4.69) is 46.0 Å². The average molecular weight is 302 g/mol. The topological polar surface area (TPSA) is 59.2 Å². The highest BCUT2D eigenvalue weighted by Gasteiger charge is 2.22. The molecule has 0 N–H and O–H groups in total. The fourth-order valence-corrected chi connectivity index (χ4v) is 2.64. The van der Waals surface area contributed by atoms with Crippen LogP contribution >= 0.6 is 11.3 Å². The van der Waals surface area contributed by atoms with E-state index >= 15 is 0 Å². The van der Waals surface area contributed by atoms with Gasteiger partial charge < -0.3 is 4.90 Å². The summed E-state index contributed by atoms with van der Waals surface area (Å²) in [6.45, 7) is 7.05. The third-order valence-corrected chi connectivity index (χ3v) is 3.83. The normalized spacial score (nSPS) is 12.0. The van der Waals surface area contributed by atoms with Gasteiger partial charge in [0, 0.05) is 17.8 Å². The molecule has 0 aliphatic rings. The molecular formula is C14H18N6S. The van der Waals surface area contributed by atoms with Crippen LogP contribution in [0.3, 0.4) is 0 Å². The van der Waals surface area contributed by atoms with Gasteiger partial charge in [0.15, 0.2) is 11.5 Å². The van der Waals surface area contributed by atoms with E-state index in [0.717, 1.165) is 29.5 Å². The number of thiazole rings is 1. The Labute approximate surface area is 127 Å². The van der Waals surface area contributed by atoms with Crippen LogP contribution in [0.4, 0.5) is 5.82 Å². The van der Waals surface area contributed by atoms with Gasteiger partial charge >= 0.3 is 0 Å². The maximum absolute atomic E-state index is 4.68. The van der Waals surface area contributed by atoms with E-state index in [1.165, 1.54) is 0 Å². The Morgan fingerprint density at radius 3 is 2.71 bits per heavy atom. The van der Waals surface area contributed by atoms with Crippen molar-refractivity contribution in [3.05, 3.63) is 34.5 Å². The zero-order valence-corrected chi connectivity index (χ0v) is 13.4. The summed E-state index contributed by atoms with van der Waals surface area (Å²) in [4.78, 5) is 6.38. The molecule has 3 aromatic heterocycles. The third-order valence-electron chi connectivity index (χ3n) is 3.19. The second-order valence-corrected chi connectivity index (χ2v) is 6.79. The predicted molar refractivity (Wildman–Crippen MR) is 83.7 cm³/mol. The van der Waals surface area contributed by atoms with Gasteiger partial charge in [-0.25, -0.2) is 4.98 Å². The minimum absolute atomic E-state index is 0.0987. The van der Waals surface area contributed by atoms with Crippen LogP contribution in [0.15, 0.2) is 23.0 Å². The lowest BCUT2D eigenvalue weighted by Crippen LogP contribution is -2.21. The molecule has 0 aliphatic carbocycles. The van der Waals surface area contributed by atoms with E-state index in [1.807, 2.05) is 34.6 Å². The summed E-state index contributed by atoms with van der Waals surface area (Å²) in [5, 5.41) is 15.2. The number of aromatic nitrogens is 5. The summed E-state index contributed by atoms with van der Waals surface area (Å²) in [6, 6.07) is 3.91. The number of fused-ring (bicyclic) bond motifs is 1. The van der Waals surface area contributed by atoms with Gasteiger partial charge in [-0.2, -0.15) is 4.52 Å². The van der Waals surface area contributed by atoms with Crippen molar-refractivity contribution in [2.45, 2.75) is 32.7 Å². The minimum Gasteiger partial charge on any atom is -0.352 e. The van der Waals surface area contributed by atoms with Gasteiger partial charge in [0.05, 0.1) is 17.7 Å². The second kappa shape index (κ2) is 5.07. The van der Waals surface area contributed by atoms with Gasteiger partial charge in [0.2, 0.25) is 0 Å². The smallest absolute Gasteiger partial charge is 0.178 e. The summed E-state index contributed by atoms with van der Waals surface area (Å²) in [5.41, 5.74) is 3.56. The first-order chi connectivity index (χ1) is 9.95. The lowest BCUT2D eigenvalue weighted by atomic mass is 9.96. The van der Waals surface area contributed by atoms with Crippen molar-refractivity contribution in [2.75, 3.05) is 11.9 Å². The molecule has 7 heteroatoms. The molecule has 0 amide bonds. The summed E-state index contributed by atoms with van der Waals surface area (Å²) >= 11 is 1.60. The summed E-state index contributed by atoms with van der Waals surface area (Å²) in [7, 11) is 2.01. The number of rotatable bonds is 3. The standard InChI is InChI=1S/C14H18N6S/c1-14(2,3)13-17-16-11-5-6-12(18-20(11)13)19(4)7-10-8-21-9-15-10/h5-6,8-9H,7H2,1-4H3. The number of hydrogen-bond donors (Lipinski definition) is 0. The van der Waals surface area contributed by atoms with E-state index in [0.29, 0.717) is 0 Å². The summed E-state index contributed by atoms with van der Waals surface area (Å²) in [6.07, 6.45) is 0. The molecule has 110 valence electrons. The average Bonchev–Trinajstić information content (AvgIpc) is 3.05. The maximum atomic E-state index is 4.68. The molecule has 3 heterocycles. The summed E-state index contributed by atoms with van der Waals surface area (Å²) in [5.74, 6) is 1.74. The lowest BCUT2D eigenvalue weighted by Gasteiger charge is -2.18. The van der Waals surface area contributed by atoms with Crippen molar-refractivity contribution in [1.29, 1.82) is 0 Å². The molecule has 0 unspecified atom stereocenters. The Hall–Kier alpha value is -2.02. The van der Waals surface area contributed by atoms with E-state index in [1.54, 1.807) is 11.3 Å². The fraction of sp³-hybridized carbons (Fsp3) is 0.429. The highest BCUT2D eigenvalue weighted by atomic mass is 32.1. The van der Waals surface area contributed by atoms with Crippen LogP contribution in [0.2, 0.25) is 0 Å². The Bertz CT molecular complexity index is 741. The van der Waals surface area contributed by atoms with Crippen molar-refractivity contribution in [3.63, 3.8) is 0 Å². The van der Waals surface area contributed by atoms with Crippen molar-refractivity contribution in [1.82, 2.24) is 24.8 Å². The number of anilines is 1. The van der Waals surface area contributed by atoms with Crippen LogP contribution in [0, 0.1) is 0 Å². The first-order valence-electron chi connectivity index (χ1n) is 6.76. The van der Waals surface area contributed by atoms with Crippen LogP contribution in [0.25, 0.3) is 5.65 Å². The van der Waals surface area contributed by atoms with Gasteiger partial charge in [-0.3, -0.25) is 0 Å². The molecule has 3 rings (SSSR count). The van der Waals surface area contributed by atoms with Crippen LogP contribution in [0.5, 0.6) is 0 Å². The molecule has 0 saturated heterocycles. The Balaban J connectivity index is 1.96. The Kier molecular flexibility index (Phi) is 3.36. The molecule has 0 spiro atoms. The molecule has 21 heavy (non-hydrogen) atoms. The highest BCUT2D eigenvalue weighted by Crippen LogP contribution is 2.21. The van der Waals surface area contributed by atoms with E-state index < -0.39 is 0 Å². The number of nitrogens with zero attached hydrogens (tertiary/aromatic N) is 6. The van der Waals surface area contributed by atoms with Crippen molar-refractivity contribution in [3.8, 4) is 0 Å². The molecule has 0 aliphatic heterocycles. The van der Waals surface area contributed by atoms with Crippen LogP contribution in [-0.2, 0) is 12.0 Å². The zero-order chi connectivity index (χ0) is 15.0. The molecule has 0 aromatic carbocycles. The minimum atomic E-state index is -0.0987. The molecule has 0 saturated carbocycles. The highest BCUT2D eigenvalue weighted by molar-refractivity contribution is 7.07. The van der Waals surface area contributed by atoms with Gasteiger partial charge in [-0.05, 0) is 12.1 Å². The van der Waals surface area contributed by atoms with Crippen LogP contribution in [0.1, 0.15) is 32.3 Å². The lowest BCUT2D eigenvalue weighted by molar-refractivity contribution is 0.526. The van der Waals surface area contributed by atoms with Gasteiger partial charge in [-0.1, -0.05) is 20.8 Å².